The lowest BCUT2D eigenvalue weighted by Crippen LogP contribution is -2.29. The molecule has 7 heteroatoms. The van der Waals surface area contributed by atoms with Gasteiger partial charge in [-0.25, -0.2) is 4.98 Å². The Balaban J connectivity index is 1.50. The summed E-state index contributed by atoms with van der Waals surface area (Å²) >= 11 is 1.57. The van der Waals surface area contributed by atoms with E-state index in [0.29, 0.717) is 12.0 Å². The average Bonchev–Trinajstić information content (AvgIpc) is 3.29. The minimum Gasteiger partial charge on any atom is -0.358 e. The van der Waals surface area contributed by atoms with Crippen LogP contribution in [0.3, 0.4) is 0 Å². The van der Waals surface area contributed by atoms with Crippen molar-refractivity contribution in [1.29, 1.82) is 0 Å². The molecular weight excluding hydrogens is 368 g/mol. The van der Waals surface area contributed by atoms with Gasteiger partial charge in [0.1, 0.15) is 0 Å². The van der Waals surface area contributed by atoms with Crippen LogP contribution in [0.5, 0.6) is 0 Å². The highest BCUT2D eigenvalue weighted by atomic mass is 32.2. The second-order valence-corrected chi connectivity index (χ2v) is 8.51. The van der Waals surface area contributed by atoms with Crippen LogP contribution >= 0.6 is 11.8 Å². The number of H-pyrrole nitrogens is 1. The lowest BCUT2D eigenvalue weighted by atomic mass is 9.91. The van der Waals surface area contributed by atoms with Crippen LogP contribution in [-0.4, -0.2) is 36.9 Å². The maximum Gasteiger partial charge on any atom is 0.228 e. The normalized spacial score (nSPS) is 16.8. The smallest absolute Gasteiger partial charge is 0.228 e. The molecule has 3 heterocycles. The zero-order valence-corrected chi connectivity index (χ0v) is 17.2. The molecule has 3 aromatic heterocycles. The number of aromatic amines is 1. The molecule has 0 fully saturated rings. The van der Waals surface area contributed by atoms with E-state index in [1.54, 1.807) is 11.8 Å². The van der Waals surface area contributed by atoms with Crippen molar-refractivity contribution in [3.05, 3.63) is 47.3 Å². The first-order chi connectivity index (χ1) is 13.6. The third-order valence-corrected chi connectivity index (χ3v) is 6.16. The van der Waals surface area contributed by atoms with E-state index in [1.807, 2.05) is 17.0 Å². The number of nitrogens with zero attached hydrogens (tertiary/aromatic N) is 4. The Labute approximate surface area is 168 Å². The number of aromatic nitrogens is 5. The van der Waals surface area contributed by atoms with E-state index in [0.717, 1.165) is 41.6 Å². The predicted molar refractivity (Wildman–Crippen MR) is 114 cm³/mol. The predicted octanol–water partition coefficient (Wildman–Crippen LogP) is 4.42. The Kier molecular flexibility index (Phi) is 4.27. The fourth-order valence-corrected chi connectivity index (χ4v) is 4.50. The van der Waals surface area contributed by atoms with E-state index in [-0.39, 0.29) is 0 Å². The summed E-state index contributed by atoms with van der Waals surface area (Å²) < 4.78 is 1.86. The summed E-state index contributed by atoms with van der Waals surface area (Å²) in [5.74, 6) is 1.16. The first-order valence-corrected chi connectivity index (χ1v) is 11.0. The second kappa shape index (κ2) is 6.81. The Hall–Kier alpha value is -2.54. The van der Waals surface area contributed by atoms with Crippen LogP contribution < -0.4 is 5.32 Å². The van der Waals surface area contributed by atoms with Gasteiger partial charge in [0, 0.05) is 28.2 Å². The van der Waals surface area contributed by atoms with E-state index in [1.165, 1.54) is 22.2 Å². The molecule has 28 heavy (non-hydrogen) atoms. The molecule has 1 unspecified atom stereocenters. The van der Waals surface area contributed by atoms with Crippen molar-refractivity contribution in [1.82, 2.24) is 24.6 Å². The summed E-state index contributed by atoms with van der Waals surface area (Å²) in [4.78, 5) is 13.0. The summed E-state index contributed by atoms with van der Waals surface area (Å²) in [5.41, 5.74) is 6.09. The summed E-state index contributed by atoms with van der Waals surface area (Å²) in [6.07, 6.45) is 7.03. The van der Waals surface area contributed by atoms with Gasteiger partial charge in [-0.3, -0.25) is 0 Å². The fraction of sp³-hybridized carbons (Fsp3) is 0.381. The Morgan fingerprint density at radius 1 is 1.25 bits per heavy atom. The van der Waals surface area contributed by atoms with E-state index < -0.39 is 0 Å². The zero-order valence-electron chi connectivity index (χ0n) is 16.4. The highest BCUT2D eigenvalue weighted by Gasteiger charge is 2.24. The van der Waals surface area contributed by atoms with Crippen molar-refractivity contribution in [2.45, 2.75) is 50.2 Å². The minimum atomic E-state index is 0.325. The molecule has 1 aromatic carbocycles. The van der Waals surface area contributed by atoms with Gasteiger partial charge < -0.3 is 10.3 Å². The van der Waals surface area contributed by atoms with Crippen LogP contribution in [0.4, 0.5) is 5.95 Å². The van der Waals surface area contributed by atoms with Crippen LogP contribution in [0, 0.1) is 0 Å². The standard InChI is InChI=1S/C21H24N6S/c1-12(2)16-11-22-27-19(16)25-21(28-3)26-20(27)23-13-8-9-18-15(10-13)14-6-4-5-7-17(14)24-18/h4-7,11-13,24H,8-10H2,1-3H3,(H,23,25,26). The quantitative estimate of drug-likeness (QED) is 0.503. The van der Waals surface area contributed by atoms with Gasteiger partial charge in [-0.15, -0.1) is 0 Å². The molecule has 0 bridgehead atoms. The van der Waals surface area contributed by atoms with Gasteiger partial charge >= 0.3 is 0 Å². The lowest BCUT2D eigenvalue weighted by Gasteiger charge is -2.24. The number of fused-ring (bicyclic) bond motifs is 4. The Bertz CT molecular complexity index is 1160. The molecule has 1 aliphatic carbocycles. The van der Waals surface area contributed by atoms with Crippen LogP contribution in [-0.2, 0) is 12.8 Å². The van der Waals surface area contributed by atoms with Crippen molar-refractivity contribution in [3.8, 4) is 0 Å². The van der Waals surface area contributed by atoms with Crippen molar-refractivity contribution < 1.29 is 0 Å². The van der Waals surface area contributed by atoms with Gasteiger partial charge in [-0.2, -0.15) is 14.6 Å². The molecule has 0 aliphatic heterocycles. The number of thioether (sulfide) groups is 1. The number of hydrogen-bond acceptors (Lipinski definition) is 5. The topological polar surface area (TPSA) is 70.9 Å². The van der Waals surface area contributed by atoms with Crippen molar-refractivity contribution in [2.75, 3.05) is 11.6 Å². The van der Waals surface area contributed by atoms with Crippen molar-refractivity contribution in [2.24, 2.45) is 0 Å². The second-order valence-electron chi connectivity index (χ2n) is 7.74. The highest BCUT2D eigenvalue weighted by molar-refractivity contribution is 7.98. The van der Waals surface area contributed by atoms with Crippen LogP contribution in [0.15, 0.2) is 35.6 Å². The van der Waals surface area contributed by atoms with E-state index >= 15 is 0 Å². The number of hydrogen-bond donors (Lipinski definition) is 2. The summed E-state index contributed by atoms with van der Waals surface area (Å²) in [6.45, 7) is 4.34. The number of rotatable bonds is 4. The zero-order chi connectivity index (χ0) is 19.3. The molecule has 0 amide bonds. The summed E-state index contributed by atoms with van der Waals surface area (Å²) in [7, 11) is 0. The van der Waals surface area contributed by atoms with Crippen LogP contribution in [0.2, 0.25) is 0 Å². The van der Waals surface area contributed by atoms with Gasteiger partial charge in [-0.05, 0) is 43.1 Å². The van der Waals surface area contributed by atoms with Gasteiger partial charge in [0.05, 0.1) is 6.20 Å². The Morgan fingerprint density at radius 3 is 2.93 bits per heavy atom. The third-order valence-electron chi connectivity index (χ3n) is 5.61. The van der Waals surface area contributed by atoms with Gasteiger partial charge in [0.15, 0.2) is 10.8 Å². The van der Waals surface area contributed by atoms with Gasteiger partial charge in [-0.1, -0.05) is 43.8 Å². The number of anilines is 1. The molecule has 0 saturated heterocycles. The fourth-order valence-electron chi connectivity index (χ4n) is 4.14. The van der Waals surface area contributed by atoms with Crippen LogP contribution in [0.25, 0.3) is 16.6 Å². The molecule has 4 aromatic rings. The molecule has 6 nitrogen and oxygen atoms in total. The molecule has 2 N–H and O–H groups in total. The SMILES string of the molecule is CSc1nc(NC2CCc3[nH]c4ccccc4c3C2)n2ncc(C(C)C)c2n1. The van der Waals surface area contributed by atoms with Crippen molar-refractivity contribution >= 4 is 34.3 Å². The van der Waals surface area contributed by atoms with Gasteiger partial charge in [0.25, 0.3) is 0 Å². The summed E-state index contributed by atoms with van der Waals surface area (Å²) in [6, 6.07) is 8.90. The van der Waals surface area contributed by atoms with Crippen molar-refractivity contribution in [3.63, 3.8) is 0 Å². The number of para-hydroxylation sites is 1. The molecular formula is C21H24N6S. The molecule has 0 saturated carbocycles. The molecule has 144 valence electrons. The first kappa shape index (κ1) is 17.6. The minimum absolute atomic E-state index is 0.325. The highest BCUT2D eigenvalue weighted by Crippen LogP contribution is 2.31. The first-order valence-electron chi connectivity index (χ1n) is 9.78. The largest absolute Gasteiger partial charge is 0.358 e. The number of nitrogens with one attached hydrogen (secondary N) is 2. The molecule has 1 atom stereocenters. The molecule has 1 aliphatic rings. The summed E-state index contributed by atoms with van der Waals surface area (Å²) in [5, 5.41) is 10.4. The molecule has 0 radical (unpaired) electrons. The average molecular weight is 393 g/mol. The van der Waals surface area contributed by atoms with E-state index in [9.17, 15) is 0 Å². The number of aryl methyl sites for hydroxylation is 1. The van der Waals surface area contributed by atoms with E-state index in [2.05, 4.69) is 53.5 Å². The lowest BCUT2D eigenvalue weighted by molar-refractivity contribution is 0.597. The monoisotopic (exact) mass is 392 g/mol. The number of benzene rings is 1. The third kappa shape index (κ3) is 2.85. The molecule has 5 rings (SSSR count). The molecule has 0 spiro atoms. The van der Waals surface area contributed by atoms with E-state index in [4.69, 9.17) is 9.97 Å². The maximum absolute atomic E-state index is 4.73. The van der Waals surface area contributed by atoms with Gasteiger partial charge in [0.2, 0.25) is 5.95 Å². The van der Waals surface area contributed by atoms with Crippen LogP contribution in [0.1, 0.15) is 43.0 Å². The maximum atomic E-state index is 4.73. The Morgan fingerprint density at radius 2 is 2.11 bits per heavy atom.